The lowest BCUT2D eigenvalue weighted by atomic mass is 9.64. The quantitative estimate of drug-likeness (QED) is 0.796. The zero-order valence-electron chi connectivity index (χ0n) is 17.3. The van der Waals surface area contributed by atoms with E-state index in [-0.39, 0.29) is 29.4 Å². The number of hydrogen-bond donors (Lipinski definition) is 1. The van der Waals surface area contributed by atoms with Gasteiger partial charge in [0.15, 0.2) is 0 Å². The molecule has 0 aliphatic carbocycles. The van der Waals surface area contributed by atoms with Crippen LogP contribution in [-0.4, -0.2) is 47.5 Å². The zero-order valence-corrected chi connectivity index (χ0v) is 17.3. The Kier molecular flexibility index (Phi) is 6.01. The van der Waals surface area contributed by atoms with Gasteiger partial charge in [-0.2, -0.15) is 0 Å². The number of ether oxygens (including phenoxy) is 2. The van der Waals surface area contributed by atoms with Gasteiger partial charge in [-0.15, -0.1) is 0 Å². The molecule has 4 unspecified atom stereocenters. The predicted molar refractivity (Wildman–Crippen MR) is 105 cm³/mol. The predicted octanol–water partition coefficient (Wildman–Crippen LogP) is 4.87. The van der Waals surface area contributed by atoms with Gasteiger partial charge in [-0.05, 0) is 36.5 Å². The van der Waals surface area contributed by atoms with E-state index >= 15 is 0 Å². The first-order chi connectivity index (χ1) is 13.1. The molecule has 0 bridgehead atoms. The Morgan fingerprint density at radius 1 is 1.36 bits per heavy atom. The third-order valence-electron chi connectivity index (χ3n) is 6.23. The van der Waals surface area contributed by atoms with Crippen LogP contribution in [0.1, 0.15) is 58.6 Å². The van der Waals surface area contributed by atoms with E-state index < -0.39 is 11.7 Å². The summed E-state index contributed by atoms with van der Waals surface area (Å²) < 4.78 is 26.2. The number of carboxylic acid groups (broad SMARTS) is 1. The van der Waals surface area contributed by atoms with Crippen LogP contribution in [0.3, 0.4) is 0 Å². The molecule has 2 heterocycles. The molecule has 1 spiro atoms. The average molecular weight is 393 g/mol. The maximum absolute atomic E-state index is 13.4. The molecule has 5 nitrogen and oxygen atoms in total. The zero-order chi connectivity index (χ0) is 20.5. The Morgan fingerprint density at radius 3 is 2.61 bits per heavy atom. The van der Waals surface area contributed by atoms with Crippen molar-refractivity contribution in [2.24, 2.45) is 11.3 Å². The largest absolute Gasteiger partial charge is 0.465 e. The molecule has 2 saturated heterocycles. The lowest BCUT2D eigenvalue weighted by Gasteiger charge is -2.56. The van der Waals surface area contributed by atoms with Crippen LogP contribution in [0.4, 0.5) is 9.18 Å². The van der Waals surface area contributed by atoms with Gasteiger partial charge in [0.25, 0.3) is 0 Å². The summed E-state index contributed by atoms with van der Waals surface area (Å²) in [5, 5.41) is 9.53. The molecule has 4 atom stereocenters. The van der Waals surface area contributed by atoms with Crippen LogP contribution in [0.15, 0.2) is 24.3 Å². The van der Waals surface area contributed by atoms with Crippen molar-refractivity contribution in [1.82, 2.24) is 4.90 Å². The van der Waals surface area contributed by atoms with Crippen molar-refractivity contribution in [2.45, 2.75) is 64.8 Å². The second-order valence-electron chi connectivity index (χ2n) is 9.14. The van der Waals surface area contributed by atoms with Gasteiger partial charge in [-0.1, -0.05) is 32.9 Å². The number of piperidine rings is 1. The molecule has 156 valence electrons. The monoisotopic (exact) mass is 393 g/mol. The Labute approximate surface area is 166 Å². The molecule has 1 amide bonds. The normalized spacial score (nSPS) is 31.2. The fraction of sp³-hybridized carbons (Fsp3) is 0.682. The second kappa shape index (κ2) is 7.99. The molecule has 2 aliphatic heterocycles. The first-order valence-corrected chi connectivity index (χ1v) is 10.2. The van der Waals surface area contributed by atoms with E-state index in [2.05, 4.69) is 20.8 Å². The summed E-state index contributed by atoms with van der Waals surface area (Å²) in [5.41, 5.74) is 0.357. The van der Waals surface area contributed by atoms with Gasteiger partial charge in [0.2, 0.25) is 0 Å². The van der Waals surface area contributed by atoms with Gasteiger partial charge in [0.1, 0.15) is 5.82 Å². The Bertz CT molecular complexity index is 687. The smallest absolute Gasteiger partial charge is 0.407 e. The van der Waals surface area contributed by atoms with E-state index in [1.54, 1.807) is 12.1 Å². The van der Waals surface area contributed by atoms with Crippen LogP contribution in [0.5, 0.6) is 0 Å². The second-order valence-corrected chi connectivity index (χ2v) is 9.14. The molecule has 0 aromatic heterocycles. The molecule has 1 aromatic rings. The van der Waals surface area contributed by atoms with E-state index in [1.165, 1.54) is 17.0 Å². The van der Waals surface area contributed by atoms with E-state index in [0.29, 0.717) is 26.1 Å². The maximum atomic E-state index is 13.4. The lowest BCUT2D eigenvalue weighted by Crippen LogP contribution is -2.61. The van der Waals surface area contributed by atoms with Crippen LogP contribution in [0.2, 0.25) is 0 Å². The molecule has 1 N–H and O–H groups in total. The van der Waals surface area contributed by atoms with Crippen molar-refractivity contribution in [2.75, 3.05) is 19.7 Å². The number of amides is 1. The van der Waals surface area contributed by atoms with Crippen molar-refractivity contribution in [3.8, 4) is 0 Å². The minimum Gasteiger partial charge on any atom is -0.465 e. The highest BCUT2D eigenvalue weighted by atomic mass is 19.1. The number of rotatable bonds is 3. The Morgan fingerprint density at radius 2 is 2.04 bits per heavy atom. The van der Waals surface area contributed by atoms with E-state index in [1.807, 2.05) is 6.92 Å². The summed E-state index contributed by atoms with van der Waals surface area (Å²) in [6.45, 7) is 9.95. The molecule has 6 heteroatoms. The molecule has 3 rings (SSSR count). The number of benzene rings is 1. The summed E-state index contributed by atoms with van der Waals surface area (Å²) in [7, 11) is 0. The van der Waals surface area contributed by atoms with Crippen molar-refractivity contribution in [1.29, 1.82) is 0 Å². The molecule has 0 saturated carbocycles. The summed E-state index contributed by atoms with van der Waals surface area (Å²) in [5.74, 6) is -0.228. The molecule has 28 heavy (non-hydrogen) atoms. The highest BCUT2D eigenvalue weighted by Crippen LogP contribution is 2.51. The summed E-state index contributed by atoms with van der Waals surface area (Å²) >= 11 is 0. The van der Waals surface area contributed by atoms with Crippen LogP contribution in [0.25, 0.3) is 0 Å². The van der Waals surface area contributed by atoms with Gasteiger partial charge >= 0.3 is 6.09 Å². The van der Waals surface area contributed by atoms with E-state index in [4.69, 9.17) is 9.47 Å². The van der Waals surface area contributed by atoms with Gasteiger partial charge < -0.3 is 19.5 Å². The SMILES string of the molecule is CCOC1CC(c2ccc(F)cc2)OC2(CCN(C(=O)O)CC2C(C)(C)C)C1. The van der Waals surface area contributed by atoms with Gasteiger partial charge in [-0.25, -0.2) is 9.18 Å². The van der Waals surface area contributed by atoms with Crippen molar-refractivity contribution in [3.63, 3.8) is 0 Å². The molecule has 1 aromatic carbocycles. The summed E-state index contributed by atoms with van der Waals surface area (Å²) in [6.07, 6.45) is 1.09. The van der Waals surface area contributed by atoms with Crippen molar-refractivity contribution in [3.05, 3.63) is 35.6 Å². The highest BCUT2D eigenvalue weighted by molar-refractivity contribution is 5.65. The minimum atomic E-state index is -0.878. The molecular weight excluding hydrogens is 361 g/mol. The van der Waals surface area contributed by atoms with Crippen LogP contribution >= 0.6 is 0 Å². The number of hydrogen-bond acceptors (Lipinski definition) is 3. The summed E-state index contributed by atoms with van der Waals surface area (Å²) in [6, 6.07) is 6.48. The number of halogens is 1. The van der Waals surface area contributed by atoms with E-state index in [0.717, 1.165) is 18.4 Å². The maximum Gasteiger partial charge on any atom is 0.407 e. The van der Waals surface area contributed by atoms with Crippen LogP contribution < -0.4 is 0 Å². The summed E-state index contributed by atoms with van der Waals surface area (Å²) in [4.78, 5) is 13.1. The third kappa shape index (κ3) is 4.33. The fourth-order valence-electron chi connectivity index (χ4n) is 4.93. The topological polar surface area (TPSA) is 59.0 Å². The first-order valence-electron chi connectivity index (χ1n) is 10.2. The third-order valence-corrected chi connectivity index (χ3v) is 6.23. The molecule has 2 aliphatic rings. The number of nitrogens with zero attached hydrogens (tertiary/aromatic N) is 1. The Balaban J connectivity index is 1.95. The number of likely N-dealkylation sites (tertiary alicyclic amines) is 1. The number of carbonyl (C=O) groups is 1. The molecular formula is C22H32FNO4. The first kappa shape index (κ1) is 21.1. The van der Waals surface area contributed by atoms with Gasteiger partial charge in [0, 0.05) is 38.5 Å². The van der Waals surface area contributed by atoms with Gasteiger partial charge in [0.05, 0.1) is 17.8 Å². The van der Waals surface area contributed by atoms with Crippen LogP contribution in [0, 0.1) is 17.2 Å². The molecule has 0 radical (unpaired) electrons. The standard InChI is InChI=1S/C22H32FNO4/c1-5-27-17-12-18(15-6-8-16(23)9-7-15)28-22(13-17)10-11-24(20(25)26)14-19(22)21(2,3)4/h6-9,17-19H,5,10-14H2,1-4H3,(H,25,26). The van der Waals surface area contributed by atoms with Crippen molar-refractivity contribution < 1.29 is 23.8 Å². The Hall–Kier alpha value is -1.66. The highest BCUT2D eigenvalue weighted by Gasteiger charge is 2.54. The minimum absolute atomic E-state index is 0.0371. The lowest BCUT2D eigenvalue weighted by molar-refractivity contribution is -0.230. The van der Waals surface area contributed by atoms with E-state index in [9.17, 15) is 14.3 Å². The average Bonchev–Trinajstić information content (AvgIpc) is 2.61. The fourth-order valence-corrected chi connectivity index (χ4v) is 4.93. The van der Waals surface area contributed by atoms with Crippen molar-refractivity contribution >= 4 is 6.09 Å². The van der Waals surface area contributed by atoms with Crippen LogP contribution in [-0.2, 0) is 9.47 Å². The molecule has 2 fully saturated rings. The van der Waals surface area contributed by atoms with Gasteiger partial charge in [-0.3, -0.25) is 0 Å².